The molecule has 1 heterocycles. The van der Waals surface area contributed by atoms with Gasteiger partial charge in [0.25, 0.3) is 0 Å². The van der Waals surface area contributed by atoms with Gasteiger partial charge in [0.15, 0.2) is 0 Å². The summed E-state index contributed by atoms with van der Waals surface area (Å²) in [5.41, 5.74) is 1.07. The molecule has 0 N–H and O–H groups in total. The van der Waals surface area contributed by atoms with E-state index in [9.17, 15) is 0 Å². The highest BCUT2D eigenvalue weighted by Crippen LogP contribution is 2.46. The van der Waals surface area contributed by atoms with E-state index >= 15 is 0 Å². The first-order chi connectivity index (χ1) is 18.9. The lowest BCUT2D eigenvalue weighted by Gasteiger charge is -2.18. The first-order valence-electron chi connectivity index (χ1n) is 13.2. The third kappa shape index (κ3) is 2.48. The Morgan fingerprint density at radius 3 is 1.34 bits per heavy atom. The van der Waals surface area contributed by atoms with Gasteiger partial charge in [-0.2, -0.15) is 0 Å². The molecular weight excluding hydrogens is 458 g/mol. The van der Waals surface area contributed by atoms with Gasteiger partial charge < -0.3 is 0 Å². The molecule has 0 unspecified atom stereocenters. The SMILES string of the molecule is c1ccc2c(c1)ccc1c3ccccc3c3cnc4c5ccccc5c5ccc6ccccc6c5c4c3c21. The number of fused-ring (bicyclic) bond motifs is 17. The molecule has 0 aliphatic carbocycles. The van der Waals surface area contributed by atoms with Crippen LogP contribution in [0.1, 0.15) is 0 Å². The summed E-state index contributed by atoms with van der Waals surface area (Å²) in [5.74, 6) is 0. The number of hydrogen-bond donors (Lipinski definition) is 0. The largest absolute Gasteiger partial charge is 0.255 e. The minimum atomic E-state index is 1.07. The normalized spacial score (nSPS) is 12.2. The van der Waals surface area contributed by atoms with Crippen molar-refractivity contribution in [2.45, 2.75) is 0 Å². The van der Waals surface area contributed by atoms with E-state index in [1.165, 1.54) is 80.8 Å². The van der Waals surface area contributed by atoms with Crippen molar-refractivity contribution in [2.24, 2.45) is 0 Å². The Morgan fingerprint density at radius 1 is 0.289 bits per heavy atom. The van der Waals surface area contributed by atoms with E-state index in [0.717, 1.165) is 5.52 Å². The molecule has 0 fully saturated rings. The van der Waals surface area contributed by atoms with E-state index in [1.54, 1.807) is 0 Å². The molecule has 0 saturated heterocycles. The molecule has 1 aromatic heterocycles. The summed E-state index contributed by atoms with van der Waals surface area (Å²) >= 11 is 0. The fraction of sp³-hybridized carbons (Fsp3) is 0. The third-order valence-electron chi connectivity index (χ3n) is 8.42. The van der Waals surface area contributed by atoms with E-state index in [2.05, 4.69) is 128 Å². The Bertz CT molecular complexity index is 2280. The van der Waals surface area contributed by atoms with Crippen molar-refractivity contribution in [1.82, 2.24) is 4.98 Å². The van der Waals surface area contributed by atoms with E-state index in [0.29, 0.717) is 0 Å². The zero-order chi connectivity index (χ0) is 24.8. The number of pyridine rings is 1. The molecule has 0 bridgehead atoms. The van der Waals surface area contributed by atoms with Crippen molar-refractivity contribution in [1.29, 1.82) is 0 Å². The minimum absolute atomic E-state index is 1.07. The predicted octanol–water partition coefficient (Wildman–Crippen LogP) is 10.3. The van der Waals surface area contributed by atoms with Gasteiger partial charge in [0, 0.05) is 33.1 Å². The molecule has 0 amide bonds. The van der Waals surface area contributed by atoms with Crippen LogP contribution in [0, 0.1) is 0 Å². The number of aromatic nitrogens is 1. The summed E-state index contributed by atoms with van der Waals surface area (Å²) < 4.78 is 0. The Labute approximate surface area is 218 Å². The maximum atomic E-state index is 5.23. The Hall–Kier alpha value is -5.01. The Balaban J connectivity index is 1.75. The van der Waals surface area contributed by atoms with Gasteiger partial charge in [0.1, 0.15) is 0 Å². The second-order valence-electron chi connectivity index (χ2n) is 10.3. The van der Waals surface area contributed by atoms with Gasteiger partial charge >= 0.3 is 0 Å². The summed E-state index contributed by atoms with van der Waals surface area (Å²) in [6.45, 7) is 0. The van der Waals surface area contributed by atoms with E-state index in [-0.39, 0.29) is 0 Å². The molecule has 0 aliphatic rings. The summed E-state index contributed by atoms with van der Waals surface area (Å²) in [7, 11) is 0. The van der Waals surface area contributed by atoms with Gasteiger partial charge in [0.2, 0.25) is 0 Å². The van der Waals surface area contributed by atoms with Crippen LogP contribution in [0.4, 0.5) is 0 Å². The summed E-state index contributed by atoms with van der Waals surface area (Å²) in [5, 5.41) is 19.0. The molecule has 1 nitrogen and oxygen atoms in total. The van der Waals surface area contributed by atoms with Crippen molar-refractivity contribution in [3.63, 3.8) is 0 Å². The third-order valence-corrected chi connectivity index (χ3v) is 8.42. The van der Waals surface area contributed by atoms with Gasteiger partial charge in [-0.25, -0.2) is 0 Å². The fourth-order valence-electron chi connectivity index (χ4n) is 6.83. The van der Waals surface area contributed by atoms with Crippen LogP contribution in [0.3, 0.4) is 0 Å². The molecule has 0 radical (unpaired) electrons. The highest BCUT2D eigenvalue weighted by molar-refractivity contribution is 6.43. The molecule has 1 heteroatoms. The average Bonchev–Trinajstić information content (AvgIpc) is 3.00. The highest BCUT2D eigenvalue weighted by atomic mass is 14.7. The van der Waals surface area contributed by atoms with Crippen LogP contribution in [0.5, 0.6) is 0 Å². The van der Waals surface area contributed by atoms with Crippen LogP contribution in [0.25, 0.3) is 86.3 Å². The first-order valence-corrected chi connectivity index (χ1v) is 13.2. The molecule has 0 aliphatic heterocycles. The number of nitrogens with zero attached hydrogens (tertiary/aromatic N) is 1. The Kier molecular flexibility index (Phi) is 3.85. The van der Waals surface area contributed by atoms with E-state index < -0.39 is 0 Å². The number of hydrogen-bond acceptors (Lipinski definition) is 1. The van der Waals surface area contributed by atoms with Crippen LogP contribution < -0.4 is 0 Å². The van der Waals surface area contributed by atoms with E-state index in [4.69, 9.17) is 4.98 Å². The van der Waals surface area contributed by atoms with E-state index in [1.807, 2.05) is 0 Å². The molecule has 174 valence electrons. The highest BCUT2D eigenvalue weighted by Gasteiger charge is 2.19. The van der Waals surface area contributed by atoms with Crippen LogP contribution in [0.2, 0.25) is 0 Å². The van der Waals surface area contributed by atoms with Crippen LogP contribution >= 0.6 is 0 Å². The van der Waals surface area contributed by atoms with Crippen molar-refractivity contribution < 1.29 is 0 Å². The molecule has 0 saturated carbocycles. The number of rotatable bonds is 0. The average molecular weight is 480 g/mol. The van der Waals surface area contributed by atoms with Crippen molar-refractivity contribution in [3.8, 4) is 0 Å². The van der Waals surface area contributed by atoms with Crippen molar-refractivity contribution in [2.75, 3.05) is 0 Å². The lowest BCUT2D eigenvalue weighted by Crippen LogP contribution is -1.92. The zero-order valence-corrected chi connectivity index (χ0v) is 20.6. The second-order valence-corrected chi connectivity index (χ2v) is 10.3. The van der Waals surface area contributed by atoms with Crippen molar-refractivity contribution >= 4 is 86.3 Å². The topological polar surface area (TPSA) is 12.9 Å². The quantitative estimate of drug-likeness (QED) is 0.197. The van der Waals surface area contributed by atoms with Gasteiger partial charge in [-0.15, -0.1) is 0 Å². The molecule has 9 aromatic rings. The fourth-order valence-corrected chi connectivity index (χ4v) is 6.83. The molecule has 9 rings (SSSR count). The van der Waals surface area contributed by atoms with Crippen LogP contribution in [-0.4, -0.2) is 4.98 Å². The molecule has 8 aromatic carbocycles. The zero-order valence-electron chi connectivity index (χ0n) is 20.6. The lowest BCUT2D eigenvalue weighted by atomic mass is 9.86. The summed E-state index contributed by atoms with van der Waals surface area (Å²) in [6, 6.07) is 44.3. The maximum absolute atomic E-state index is 5.23. The molecule has 38 heavy (non-hydrogen) atoms. The second kappa shape index (κ2) is 7.27. The molecule has 0 atom stereocenters. The predicted molar refractivity (Wildman–Crippen MR) is 164 cm³/mol. The summed E-state index contributed by atoms with van der Waals surface area (Å²) in [6.07, 6.45) is 2.12. The molecular formula is C37H21N. The van der Waals surface area contributed by atoms with Crippen LogP contribution in [0.15, 0.2) is 128 Å². The molecule has 0 spiro atoms. The lowest BCUT2D eigenvalue weighted by molar-refractivity contribution is 1.47. The summed E-state index contributed by atoms with van der Waals surface area (Å²) in [4.78, 5) is 5.23. The number of benzene rings is 8. The maximum Gasteiger partial charge on any atom is 0.0793 e. The Morgan fingerprint density at radius 2 is 0.737 bits per heavy atom. The van der Waals surface area contributed by atoms with Gasteiger partial charge in [-0.1, -0.05) is 121 Å². The minimum Gasteiger partial charge on any atom is -0.255 e. The van der Waals surface area contributed by atoms with Gasteiger partial charge in [-0.3, -0.25) is 4.98 Å². The monoisotopic (exact) mass is 479 g/mol. The van der Waals surface area contributed by atoms with Crippen LogP contribution in [-0.2, 0) is 0 Å². The standard InChI is InChI=1S/C37H21N/c1-3-11-24-22(9-1)17-19-29-26-13-5-6-14-27(26)32-21-38-37-31-16-8-7-15-28(31)30-20-18-23-10-2-4-12-25(23)34(30)36(37)35(32)33(24)29/h1-21H. The van der Waals surface area contributed by atoms with Gasteiger partial charge in [-0.05, 0) is 53.9 Å². The smallest absolute Gasteiger partial charge is 0.0793 e. The first kappa shape index (κ1) is 20.1. The van der Waals surface area contributed by atoms with Gasteiger partial charge in [0.05, 0.1) is 5.52 Å². The van der Waals surface area contributed by atoms with Crippen molar-refractivity contribution in [3.05, 3.63) is 128 Å².